The van der Waals surface area contributed by atoms with Gasteiger partial charge in [-0.2, -0.15) is 0 Å². The highest BCUT2D eigenvalue weighted by atomic mass is 16.1. The number of nitrogens with zero attached hydrogens (tertiary/aromatic N) is 2. The van der Waals surface area contributed by atoms with E-state index in [2.05, 4.69) is 20.3 Å². The van der Waals surface area contributed by atoms with Gasteiger partial charge in [0.2, 0.25) is 0 Å². The third-order valence-corrected chi connectivity index (χ3v) is 3.74. The third-order valence-electron chi connectivity index (χ3n) is 3.74. The van der Waals surface area contributed by atoms with Crippen LogP contribution in [0.4, 0.5) is 5.69 Å². The number of aromatic nitrogens is 3. The Morgan fingerprint density at radius 1 is 1.13 bits per heavy atom. The molecule has 0 bridgehead atoms. The van der Waals surface area contributed by atoms with E-state index in [-0.39, 0.29) is 5.91 Å². The summed E-state index contributed by atoms with van der Waals surface area (Å²) in [6, 6.07) is 15.0. The minimum Gasteiger partial charge on any atom is -0.342 e. The van der Waals surface area contributed by atoms with Gasteiger partial charge >= 0.3 is 0 Å². The molecule has 5 heteroatoms. The number of rotatable bonds is 2. The number of carbonyl (C=O) groups excluding carboxylic acids is 1. The number of benzene rings is 2. The van der Waals surface area contributed by atoms with Gasteiger partial charge in [-0.25, -0.2) is 4.98 Å². The van der Waals surface area contributed by atoms with E-state index in [1.54, 1.807) is 12.3 Å². The highest BCUT2D eigenvalue weighted by Crippen LogP contribution is 2.22. The summed E-state index contributed by atoms with van der Waals surface area (Å²) in [7, 11) is 0. The average Bonchev–Trinajstić information content (AvgIpc) is 2.94. The Morgan fingerprint density at radius 2 is 2.00 bits per heavy atom. The average molecular weight is 302 g/mol. The van der Waals surface area contributed by atoms with Crippen molar-refractivity contribution in [1.82, 2.24) is 15.0 Å². The van der Waals surface area contributed by atoms with Crippen LogP contribution >= 0.6 is 0 Å². The van der Waals surface area contributed by atoms with E-state index in [0.717, 1.165) is 27.8 Å². The Labute approximate surface area is 132 Å². The van der Waals surface area contributed by atoms with Crippen molar-refractivity contribution in [3.05, 3.63) is 66.1 Å². The Hall–Kier alpha value is -3.21. The van der Waals surface area contributed by atoms with Crippen molar-refractivity contribution in [2.24, 2.45) is 0 Å². The zero-order valence-corrected chi connectivity index (χ0v) is 12.5. The smallest absolute Gasteiger partial charge is 0.255 e. The van der Waals surface area contributed by atoms with Crippen molar-refractivity contribution >= 4 is 33.5 Å². The molecule has 5 nitrogen and oxygen atoms in total. The van der Waals surface area contributed by atoms with Gasteiger partial charge in [0.05, 0.1) is 22.2 Å². The SMILES string of the molecule is Cc1nc2ccc(C(=O)Nc3cccc4cccnc34)cc2[nH]1. The lowest BCUT2D eigenvalue weighted by atomic mass is 10.1. The maximum atomic E-state index is 12.5. The largest absolute Gasteiger partial charge is 0.342 e. The normalized spacial score (nSPS) is 11.0. The predicted molar refractivity (Wildman–Crippen MR) is 90.5 cm³/mol. The van der Waals surface area contributed by atoms with Gasteiger partial charge in [-0.15, -0.1) is 0 Å². The lowest BCUT2D eigenvalue weighted by molar-refractivity contribution is 0.102. The fourth-order valence-corrected chi connectivity index (χ4v) is 2.68. The quantitative estimate of drug-likeness (QED) is 0.593. The Bertz CT molecular complexity index is 1030. The number of hydrogen-bond acceptors (Lipinski definition) is 3. The number of nitrogens with one attached hydrogen (secondary N) is 2. The molecule has 0 unspecified atom stereocenters. The molecular formula is C18H14N4O. The fraction of sp³-hybridized carbons (Fsp3) is 0.0556. The molecule has 2 N–H and O–H groups in total. The number of anilines is 1. The van der Waals surface area contributed by atoms with Gasteiger partial charge in [0, 0.05) is 17.1 Å². The van der Waals surface area contributed by atoms with E-state index >= 15 is 0 Å². The molecule has 112 valence electrons. The molecule has 4 rings (SSSR count). The summed E-state index contributed by atoms with van der Waals surface area (Å²) < 4.78 is 0. The molecule has 0 spiro atoms. The molecule has 1 amide bonds. The first-order valence-corrected chi connectivity index (χ1v) is 7.32. The molecule has 23 heavy (non-hydrogen) atoms. The van der Waals surface area contributed by atoms with Gasteiger partial charge in [-0.05, 0) is 37.3 Å². The minimum atomic E-state index is -0.169. The molecule has 0 saturated carbocycles. The first-order valence-electron chi connectivity index (χ1n) is 7.32. The van der Waals surface area contributed by atoms with E-state index in [1.165, 1.54) is 0 Å². The van der Waals surface area contributed by atoms with Crippen molar-refractivity contribution in [2.75, 3.05) is 5.32 Å². The van der Waals surface area contributed by atoms with Gasteiger partial charge in [0.15, 0.2) is 0 Å². The van der Waals surface area contributed by atoms with Crippen LogP contribution in [0, 0.1) is 6.92 Å². The molecule has 2 aromatic carbocycles. The molecule has 0 fully saturated rings. The number of aryl methyl sites for hydroxylation is 1. The highest BCUT2D eigenvalue weighted by Gasteiger charge is 2.10. The molecule has 0 saturated heterocycles. The number of H-pyrrole nitrogens is 1. The molecule has 4 aromatic rings. The predicted octanol–water partition coefficient (Wildman–Crippen LogP) is 3.67. The second-order valence-electron chi connectivity index (χ2n) is 5.39. The molecule has 0 aliphatic rings. The number of imidazole rings is 1. The molecule has 2 aromatic heterocycles. The maximum Gasteiger partial charge on any atom is 0.255 e. The van der Waals surface area contributed by atoms with Gasteiger partial charge in [0.25, 0.3) is 5.91 Å². The van der Waals surface area contributed by atoms with E-state index < -0.39 is 0 Å². The molecule has 0 aliphatic heterocycles. The Morgan fingerprint density at radius 3 is 2.91 bits per heavy atom. The minimum absolute atomic E-state index is 0.169. The monoisotopic (exact) mass is 302 g/mol. The third kappa shape index (κ3) is 2.42. The summed E-state index contributed by atoms with van der Waals surface area (Å²) in [4.78, 5) is 24.4. The molecular weight excluding hydrogens is 288 g/mol. The van der Waals surface area contributed by atoms with Gasteiger partial charge in [-0.3, -0.25) is 9.78 Å². The van der Waals surface area contributed by atoms with Crippen LogP contribution in [-0.4, -0.2) is 20.9 Å². The Balaban J connectivity index is 1.70. The van der Waals surface area contributed by atoms with Crippen molar-refractivity contribution in [3.8, 4) is 0 Å². The molecule has 2 heterocycles. The lowest BCUT2D eigenvalue weighted by Gasteiger charge is -2.08. The zero-order valence-electron chi connectivity index (χ0n) is 12.5. The summed E-state index contributed by atoms with van der Waals surface area (Å²) in [6.07, 6.45) is 1.72. The van der Waals surface area contributed by atoms with Gasteiger partial charge in [-0.1, -0.05) is 18.2 Å². The van der Waals surface area contributed by atoms with Crippen LogP contribution in [-0.2, 0) is 0 Å². The van der Waals surface area contributed by atoms with Crippen LogP contribution in [0.3, 0.4) is 0 Å². The summed E-state index contributed by atoms with van der Waals surface area (Å²) in [5.41, 5.74) is 3.77. The van der Waals surface area contributed by atoms with Crippen molar-refractivity contribution in [3.63, 3.8) is 0 Å². The van der Waals surface area contributed by atoms with Crippen LogP contribution in [0.25, 0.3) is 21.9 Å². The number of fused-ring (bicyclic) bond motifs is 2. The molecule has 0 atom stereocenters. The van der Waals surface area contributed by atoms with Gasteiger partial charge in [0.1, 0.15) is 5.82 Å². The van der Waals surface area contributed by atoms with Crippen LogP contribution in [0.15, 0.2) is 54.7 Å². The molecule has 0 aliphatic carbocycles. The van der Waals surface area contributed by atoms with Crippen molar-refractivity contribution < 1.29 is 4.79 Å². The Kier molecular flexibility index (Phi) is 3.05. The van der Waals surface area contributed by atoms with E-state index in [0.29, 0.717) is 11.3 Å². The summed E-state index contributed by atoms with van der Waals surface area (Å²) >= 11 is 0. The summed E-state index contributed by atoms with van der Waals surface area (Å²) in [5, 5.41) is 3.93. The van der Waals surface area contributed by atoms with Crippen LogP contribution in [0.5, 0.6) is 0 Å². The van der Waals surface area contributed by atoms with Crippen LogP contribution in [0.2, 0.25) is 0 Å². The lowest BCUT2D eigenvalue weighted by Crippen LogP contribution is -2.12. The second kappa shape index (κ2) is 5.21. The van der Waals surface area contributed by atoms with E-state index in [4.69, 9.17) is 0 Å². The first kappa shape index (κ1) is 13.5. The summed E-state index contributed by atoms with van der Waals surface area (Å²) in [5.74, 6) is 0.660. The second-order valence-corrected chi connectivity index (χ2v) is 5.39. The number of amides is 1. The van der Waals surface area contributed by atoms with Crippen LogP contribution in [0.1, 0.15) is 16.2 Å². The fourth-order valence-electron chi connectivity index (χ4n) is 2.68. The van der Waals surface area contributed by atoms with E-state index in [9.17, 15) is 4.79 Å². The van der Waals surface area contributed by atoms with E-state index in [1.807, 2.05) is 49.4 Å². The first-order chi connectivity index (χ1) is 11.2. The topological polar surface area (TPSA) is 70.7 Å². The maximum absolute atomic E-state index is 12.5. The number of pyridine rings is 1. The standard InChI is InChI=1S/C18H14N4O/c1-11-20-14-8-7-13(10-16(14)21-11)18(23)22-15-6-2-4-12-5-3-9-19-17(12)15/h2-10H,1H3,(H,20,21)(H,22,23). The zero-order chi connectivity index (χ0) is 15.8. The number of para-hydroxylation sites is 1. The number of carbonyl (C=O) groups is 1. The highest BCUT2D eigenvalue weighted by molar-refractivity contribution is 6.09. The summed E-state index contributed by atoms with van der Waals surface area (Å²) in [6.45, 7) is 1.89. The number of aromatic amines is 1. The number of hydrogen-bond donors (Lipinski definition) is 2. The van der Waals surface area contributed by atoms with Crippen molar-refractivity contribution in [1.29, 1.82) is 0 Å². The van der Waals surface area contributed by atoms with Gasteiger partial charge < -0.3 is 10.3 Å². The van der Waals surface area contributed by atoms with Crippen molar-refractivity contribution in [2.45, 2.75) is 6.92 Å². The molecule has 0 radical (unpaired) electrons. The van der Waals surface area contributed by atoms with Crippen LogP contribution < -0.4 is 5.32 Å².